The molecule has 26 heavy (non-hydrogen) atoms. The Morgan fingerprint density at radius 2 is 2.08 bits per heavy atom. The van der Waals surface area contributed by atoms with E-state index in [0.717, 1.165) is 34.5 Å². The van der Waals surface area contributed by atoms with Gasteiger partial charge in [-0.25, -0.2) is 4.98 Å². The summed E-state index contributed by atoms with van der Waals surface area (Å²) < 4.78 is 0. The summed E-state index contributed by atoms with van der Waals surface area (Å²) in [6.45, 7) is 2.43. The number of hydrogen-bond donors (Lipinski definition) is 3. The first kappa shape index (κ1) is 18.3. The first-order chi connectivity index (χ1) is 12.5. The molecule has 1 amide bonds. The molecular weight excluding hydrogens is 350 g/mol. The van der Waals surface area contributed by atoms with Crippen molar-refractivity contribution in [3.8, 4) is 11.3 Å². The molecule has 1 aromatic carbocycles. The average Bonchev–Trinajstić information content (AvgIpc) is 3.01. The highest BCUT2D eigenvalue weighted by atomic mass is 32.1. The van der Waals surface area contributed by atoms with Gasteiger partial charge in [-0.3, -0.25) is 14.9 Å². The minimum absolute atomic E-state index is 0.324. The van der Waals surface area contributed by atoms with E-state index in [0.29, 0.717) is 23.7 Å². The molecule has 1 atom stereocenters. The van der Waals surface area contributed by atoms with E-state index in [1.165, 1.54) is 11.3 Å². The smallest absolute Gasteiger partial charge is 0.311 e. The van der Waals surface area contributed by atoms with E-state index >= 15 is 0 Å². The van der Waals surface area contributed by atoms with Gasteiger partial charge in [-0.2, -0.15) is 0 Å². The van der Waals surface area contributed by atoms with E-state index in [2.05, 4.69) is 10.3 Å². The van der Waals surface area contributed by atoms with Crippen LogP contribution in [0.2, 0.25) is 0 Å². The molecule has 1 aromatic heterocycles. The Kier molecular flexibility index (Phi) is 5.49. The SMILES string of the molecule is Cc1sc(NC(=O)C2=CCCCC2C(=O)O)nc1-c1ccc(CN)cc1. The molecule has 0 saturated carbocycles. The third kappa shape index (κ3) is 3.84. The molecular formula is C19H21N3O3S. The molecule has 0 aliphatic heterocycles. The quantitative estimate of drug-likeness (QED) is 0.748. The van der Waals surface area contributed by atoms with E-state index in [9.17, 15) is 14.7 Å². The Balaban J connectivity index is 1.79. The molecule has 4 N–H and O–H groups in total. The van der Waals surface area contributed by atoms with E-state index in [1.54, 1.807) is 6.08 Å². The summed E-state index contributed by atoms with van der Waals surface area (Å²) in [5.74, 6) is -2.08. The standard InChI is InChI=1S/C19H21N3O3S/c1-11-16(13-8-6-12(10-20)7-9-13)21-19(26-11)22-17(23)14-4-2-3-5-15(14)18(24)25/h4,6-9,15H,2-3,5,10,20H2,1H3,(H,24,25)(H,21,22,23). The van der Waals surface area contributed by atoms with Crippen LogP contribution >= 0.6 is 11.3 Å². The molecule has 1 heterocycles. The number of nitrogens with zero attached hydrogens (tertiary/aromatic N) is 1. The molecule has 1 aliphatic carbocycles. The second-order valence-electron chi connectivity index (χ2n) is 6.26. The van der Waals surface area contributed by atoms with Gasteiger partial charge in [0.05, 0.1) is 11.6 Å². The van der Waals surface area contributed by atoms with Crippen LogP contribution in [0, 0.1) is 12.8 Å². The lowest BCUT2D eigenvalue weighted by Gasteiger charge is -2.19. The fourth-order valence-electron chi connectivity index (χ4n) is 3.07. The number of anilines is 1. The zero-order valence-electron chi connectivity index (χ0n) is 14.5. The number of aromatic nitrogens is 1. The number of hydrogen-bond acceptors (Lipinski definition) is 5. The van der Waals surface area contributed by atoms with Crippen molar-refractivity contribution < 1.29 is 14.7 Å². The van der Waals surface area contributed by atoms with Crippen molar-refractivity contribution >= 4 is 28.3 Å². The molecule has 1 aliphatic rings. The molecule has 7 heteroatoms. The van der Waals surface area contributed by atoms with Crippen molar-refractivity contribution in [3.63, 3.8) is 0 Å². The number of aryl methyl sites for hydroxylation is 1. The summed E-state index contributed by atoms with van der Waals surface area (Å²) >= 11 is 1.38. The molecule has 0 bridgehead atoms. The number of carbonyl (C=O) groups excluding carboxylic acids is 1. The lowest BCUT2D eigenvalue weighted by atomic mass is 9.87. The zero-order chi connectivity index (χ0) is 18.7. The van der Waals surface area contributed by atoms with Crippen molar-refractivity contribution in [1.82, 2.24) is 4.98 Å². The topological polar surface area (TPSA) is 105 Å². The van der Waals surface area contributed by atoms with Gasteiger partial charge in [0.2, 0.25) is 0 Å². The summed E-state index contributed by atoms with van der Waals surface area (Å²) in [5, 5.41) is 12.6. The van der Waals surface area contributed by atoms with Crippen LogP contribution in [-0.2, 0) is 16.1 Å². The Labute approximate surface area is 155 Å². The van der Waals surface area contributed by atoms with E-state index < -0.39 is 11.9 Å². The second-order valence-corrected chi connectivity index (χ2v) is 7.46. The zero-order valence-corrected chi connectivity index (χ0v) is 15.3. The number of allylic oxidation sites excluding steroid dienone is 1. The number of amides is 1. The van der Waals surface area contributed by atoms with Gasteiger partial charge in [-0.05, 0) is 31.7 Å². The predicted molar refractivity (Wildman–Crippen MR) is 102 cm³/mol. The number of rotatable bonds is 5. The maximum atomic E-state index is 12.5. The molecule has 0 radical (unpaired) electrons. The third-order valence-electron chi connectivity index (χ3n) is 4.48. The van der Waals surface area contributed by atoms with Crippen LogP contribution in [0.1, 0.15) is 29.7 Å². The maximum Gasteiger partial charge on any atom is 0.311 e. The Morgan fingerprint density at radius 1 is 1.35 bits per heavy atom. The summed E-state index contributed by atoms with van der Waals surface area (Å²) in [5.41, 5.74) is 8.75. The van der Waals surface area contributed by atoms with Gasteiger partial charge in [-0.1, -0.05) is 30.3 Å². The lowest BCUT2D eigenvalue weighted by Crippen LogP contribution is -2.27. The van der Waals surface area contributed by atoms with Crippen LogP contribution in [0.5, 0.6) is 0 Å². The number of nitrogens with one attached hydrogen (secondary N) is 1. The summed E-state index contributed by atoms with van der Waals surface area (Å²) in [7, 11) is 0. The fraction of sp³-hybridized carbons (Fsp3) is 0.316. The monoisotopic (exact) mass is 371 g/mol. The van der Waals surface area contributed by atoms with Crippen LogP contribution in [0.3, 0.4) is 0 Å². The molecule has 3 rings (SSSR count). The van der Waals surface area contributed by atoms with Gasteiger partial charge in [-0.15, -0.1) is 11.3 Å². The van der Waals surface area contributed by atoms with Gasteiger partial charge in [0.25, 0.3) is 5.91 Å². The molecule has 1 unspecified atom stereocenters. The van der Waals surface area contributed by atoms with Gasteiger partial charge in [0.1, 0.15) is 0 Å². The van der Waals surface area contributed by atoms with Gasteiger partial charge in [0.15, 0.2) is 5.13 Å². The molecule has 0 saturated heterocycles. The first-order valence-corrected chi connectivity index (χ1v) is 9.32. The molecule has 6 nitrogen and oxygen atoms in total. The number of carbonyl (C=O) groups is 2. The van der Waals surface area contributed by atoms with Crippen molar-refractivity contribution in [2.45, 2.75) is 32.7 Å². The number of nitrogens with two attached hydrogens (primary N) is 1. The lowest BCUT2D eigenvalue weighted by molar-refractivity contribution is -0.141. The Bertz CT molecular complexity index is 855. The van der Waals surface area contributed by atoms with Crippen LogP contribution in [0.4, 0.5) is 5.13 Å². The number of carboxylic acid groups (broad SMARTS) is 1. The number of benzene rings is 1. The first-order valence-electron chi connectivity index (χ1n) is 8.50. The highest BCUT2D eigenvalue weighted by Gasteiger charge is 2.29. The normalized spacial score (nSPS) is 16.8. The van der Waals surface area contributed by atoms with Gasteiger partial charge in [0, 0.05) is 22.6 Å². The summed E-state index contributed by atoms with van der Waals surface area (Å²) in [4.78, 5) is 29.4. The van der Waals surface area contributed by atoms with Gasteiger partial charge >= 0.3 is 5.97 Å². The summed E-state index contributed by atoms with van der Waals surface area (Å²) in [6.07, 6.45) is 3.73. The maximum absolute atomic E-state index is 12.5. The highest BCUT2D eigenvalue weighted by Crippen LogP contribution is 2.32. The Hall–Kier alpha value is -2.51. The predicted octanol–water partition coefficient (Wildman–Crippen LogP) is 3.33. The fourth-order valence-corrected chi connectivity index (χ4v) is 3.90. The van der Waals surface area contributed by atoms with E-state index in [-0.39, 0.29) is 5.91 Å². The third-order valence-corrected chi connectivity index (χ3v) is 5.36. The number of carboxylic acids is 1. The van der Waals surface area contributed by atoms with E-state index in [4.69, 9.17) is 5.73 Å². The van der Waals surface area contributed by atoms with Crippen molar-refractivity contribution in [3.05, 3.63) is 46.4 Å². The van der Waals surface area contributed by atoms with Crippen LogP contribution in [0.25, 0.3) is 11.3 Å². The minimum atomic E-state index is -0.956. The number of thiazole rings is 1. The molecule has 0 fully saturated rings. The van der Waals surface area contributed by atoms with Crippen LogP contribution < -0.4 is 11.1 Å². The molecule has 0 spiro atoms. The van der Waals surface area contributed by atoms with Crippen molar-refractivity contribution in [1.29, 1.82) is 0 Å². The van der Waals surface area contributed by atoms with Gasteiger partial charge < -0.3 is 10.8 Å². The largest absolute Gasteiger partial charge is 0.481 e. The molecule has 136 valence electrons. The average molecular weight is 371 g/mol. The summed E-state index contributed by atoms with van der Waals surface area (Å²) in [6, 6.07) is 7.83. The van der Waals surface area contributed by atoms with Crippen molar-refractivity contribution in [2.24, 2.45) is 11.7 Å². The Morgan fingerprint density at radius 3 is 2.73 bits per heavy atom. The van der Waals surface area contributed by atoms with Crippen LogP contribution in [-0.4, -0.2) is 22.0 Å². The molecule has 2 aromatic rings. The second kappa shape index (κ2) is 7.80. The highest BCUT2D eigenvalue weighted by molar-refractivity contribution is 7.16. The van der Waals surface area contributed by atoms with Crippen molar-refractivity contribution in [2.75, 3.05) is 5.32 Å². The minimum Gasteiger partial charge on any atom is -0.481 e. The van der Waals surface area contributed by atoms with E-state index in [1.807, 2.05) is 31.2 Å². The number of aliphatic carboxylic acids is 1. The van der Waals surface area contributed by atoms with Crippen LogP contribution in [0.15, 0.2) is 35.9 Å².